The third kappa shape index (κ3) is 1.36. The van der Waals surface area contributed by atoms with Gasteiger partial charge in [-0.15, -0.1) is 0 Å². The molecule has 0 radical (unpaired) electrons. The van der Waals surface area contributed by atoms with Gasteiger partial charge in [0.25, 0.3) is 0 Å². The van der Waals surface area contributed by atoms with Crippen LogP contribution in [0.4, 0.5) is 4.39 Å². The van der Waals surface area contributed by atoms with E-state index in [0.29, 0.717) is 16.0 Å². The Balaban J connectivity index is 2.62. The van der Waals surface area contributed by atoms with Crippen LogP contribution in [0.15, 0.2) is 10.5 Å². The first-order valence-corrected chi connectivity index (χ1v) is 4.86. The Bertz CT molecular complexity index is 379. The molecule has 0 bridgehead atoms. The lowest BCUT2D eigenvalue weighted by Crippen LogP contribution is -1.98. The van der Waals surface area contributed by atoms with E-state index in [-0.39, 0.29) is 12.4 Å². The van der Waals surface area contributed by atoms with Crippen molar-refractivity contribution < 1.29 is 19.0 Å². The summed E-state index contributed by atoms with van der Waals surface area (Å²) in [4.78, 5) is 0. The van der Waals surface area contributed by atoms with Crippen LogP contribution >= 0.6 is 15.9 Å². The maximum absolute atomic E-state index is 13.4. The van der Waals surface area contributed by atoms with Crippen molar-refractivity contribution in [3.63, 3.8) is 0 Å². The number of ether oxygens (including phenoxy) is 2. The van der Waals surface area contributed by atoms with Crippen LogP contribution in [-0.2, 0) is 0 Å². The van der Waals surface area contributed by atoms with Gasteiger partial charge in [0.05, 0.1) is 10.6 Å². The molecule has 1 heterocycles. The monoisotopic (exact) mass is 262 g/mol. The first-order chi connectivity index (χ1) is 6.61. The molecule has 5 heteroatoms. The van der Waals surface area contributed by atoms with Crippen LogP contribution in [0.25, 0.3) is 0 Å². The molecule has 0 saturated heterocycles. The molecule has 1 atom stereocenters. The van der Waals surface area contributed by atoms with Gasteiger partial charge in [0.1, 0.15) is 5.82 Å². The lowest BCUT2D eigenvalue weighted by atomic mass is 10.1. The average Bonchev–Trinajstić information content (AvgIpc) is 2.50. The molecule has 1 unspecified atom stereocenters. The van der Waals surface area contributed by atoms with Gasteiger partial charge in [0, 0.05) is 11.6 Å². The molecule has 0 fully saturated rings. The SMILES string of the molecule is CC(O)c1c(F)cc2c(c1Br)OCO2. The van der Waals surface area contributed by atoms with Crippen LogP contribution in [-0.4, -0.2) is 11.9 Å². The molecule has 1 aliphatic heterocycles. The molecule has 0 spiro atoms. The highest BCUT2D eigenvalue weighted by molar-refractivity contribution is 9.10. The largest absolute Gasteiger partial charge is 0.453 e. The minimum Gasteiger partial charge on any atom is -0.453 e. The highest BCUT2D eigenvalue weighted by Gasteiger charge is 2.24. The second-order valence-corrected chi connectivity index (χ2v) is 3.79. The predicted molar refractivity (Wildman–Crippen MR) is 50.9 cm³/mol. The molecule has 3 nitrogen and oxygen atoms in total. The van der Waals surface area contributed by atoms with Crippen LogP contribution in [0.1, 0.15) is 18.6 Å². The van der Waals surface area contributed by atoms with Gasteiger partial charge in [-0.2, -0.15) is 0 Å². The summed E-state index contributed by atoms with van der Waals surface area (Å²) >= 11 is 3.18. The molecule has 1 aliphatic rings. The molecule has 0 amide bonds. The number of aliphatic hydroxyl groups excluding tert-OH is 1. The maximum Gasteiger partial charge on any atom is 0.231 e. The Kier molecular flexibility index (Phi) is 2.36. The van der Waals surface area contributed by atoms with Crippen LogP contribution in [0.3, 0.4) is 0 Å². The van der Waals surface area contributed by atoms with Crippen molar-refractivity contribution in [1.29, 1.82) is 0 Å². The van der Waals surface area contributed by atoms with E-state index in [0.717, 1.165) is 0 Å². The molecule has 2 rings (SSSR count). The first-order valence-electron chi connectivity index (χ1n) is 4.07. The van der Waals surface area contributed by atoms with Crippen molar-refractivity contribution in [2.75, 3.05) is 6.79 Å². The molecule has 0 aromatic heterocycles. The van der Waals surface area contributed by atoms with E-state index in [1.54, 1.807) is 0 Å². The lowest BCUT2D eigenvalue weighted by Gasteiger charge is -2.10. The van der Waals surface area contributed by atoms with Gasteiger partial charge in [-0.3, -0.25) is 0 Å². The number of aliphatic hydroxyl groups is 1. The third-order valence-electron chi connectivity index (χ3n) is 2.01. The first kappa shape index (κ1) is 9.73. The standard InChI is InChI=1S/C9H8BrFO3/c1-4(12)7-5(11)2-6-9(8(7)10)14-3-13-6/h2,4,12H,3H2,1H3. The van der Waals surface area contributed by atoms with Gasteiger partial charge in [-0.05, 0) is 22.9 Å². The summed E-state index contributed by atoms with van der Waals surface area (Å²) in [5, 5.41) is 9.35. The van der Waals surface area contributed by atoms with Gasteiger partial charge in [0.2, 0.25) is 6.79 Å². The van der Waals surface area contributed by atoms with Gasteiger partial charge in [-0.25, -0.2) is 4.39 Å². The number of rotatable bonds is 1. The number of hydrogen-bond donors (Lipinski definition) is 1. The van der Waals surface area contributed by atoms with Crippen LogP contribution < -0.4 is 9.47 Å². The molecule has 1 N–H and O–H groups in total. The Morgan fingerprint density at radius 3 is 2.93 bits per heavy atom. The number of fused-ring (bicyclic) bond motifs is 1. The second-order valence-electron chi connectivity index (χ2n) is 3.00. The summed E-state index contributed by atoms with van der Waals surface area (Å²) < 4.78 is 24.0. The van der Waals surface area contributed by atoms with E-state index >= 15 is 0 Å². The van der Waals surface area contributed by atoms with Crippen molar-refractivity contribution in [2.24, 2.45) is 0 Å². The van der Waals surface area contributed by atoms with Crippen molar-refractivity contribution in [3.05, 3.63) is 21.9 Å². The highest BCUT2D eigenvalue weighted by Crippen LogP contribution is 2.44. The Hall–Kier alpha value is -0.810. The Morgan fingerprint density at radius 2 is 2.29 bits per heavy atom. The smallest absolute Gasteiger partial charge is 0.231 e. The summed E-state index contributed by atoms with van der Waals surface area (Å²) in [5.74, 6) is 0.303. The summed E-state index contributed by atoms with van der Waals surface area (Å²) in [7, 11) is 0. The molecular formula is C9H8BrFO3. The average molecular weight is 263 g/mol. The van der Waals surface area contributed by atoms with Crippen molar-refractivity contribution in [3.8, 4) is 11.5 Å². The van der Waals surface area contributed by atoms with Gasteiger partial charge in [-0.1, -0.05) is 0 Å². The molecule has 76 valence electrons. The minimum absolute atomic E-state index is 0.0800. The quantitative estimate of drug-likeness (QED) is 0.845. The minimum atomic E-state index is -0.890. The van der Waals surface area contributed by atoms with E-state index in [1.165, 1.54) is 13.0 Å². The molecule has 1 aromatic rings. The lowest BCUT2D eigenvalue weighted by molar-refractivity contribution is 0.172. The maximum atomic E-state index is 13.4. The normalized spacial score (nSPS) is 15.7. The summed E-state index contributed by atoms with van der Waals surface area (Å²) in [5.41, 5.74) is 0.189. The third-order valence-corrected chi connectivity index (χ3v) is 2.80. The van der Waals surface area contributed by atoms with Crippen LogP contribution in [0.2, 0.25) is 0 Å². The summed E-state index contributed by atoms with van der Waals surface area (Å²) in [6.45, 7) is 1.57. The van der Waals surface area contributed by atoms with Crippen molar-refractivity contribution in [1.82, 2.24) is 0 Å². The number of benzene rings is 1. The zero-order valence-corrected chi connectivity index (χ0v) is 8.97. The number of halogens is 2. The topological polar surface area (TPSA) is 38.7 Å². The Morgan fingerprint density at radius 1 is 1.57 bits per heavy atom. The van der Waals surface area contributed by atoms with E-state index in [9.17, 15) is 9.50 Å². The van der Waals surface area contributed by atoms with E-state index in [4.69, 9.17) is 9.47 Å². The fourth-order valence-electron chi connectivity index (χ4n) is 1.37. The summed E-state index contributed by atoms with van der Waals surface area (Å²) in [6, 6.07) is 1.22. The van der Waals surface area contributed by atoms with E-state index in [2.05, 4.69) is 15.9 Å². The predicted octanol–water partition coefficient (Wildman–Crippen LogP) is 2.37. The Labute approximate surface area is 88.6 Å². The molecule has 0 saturated carbocycles. The molecule has 0 aliphatic carbocycles. The van der Waals surface area contributed by atoms with Gasteiger partial charge in [0.15, 0.2) is 11.5 Å². The zero-order chi connectivity index (χ0) is 10.3. The zero-order valence-electron chi connectivity index (χ0n) is 7.38. The van der Waals surface area contributed by atoms with Gasteiger partial charge < -0.3 is 14.6 Å². The fourth-order valence-corrected chi connectivity index (χ4v) is 2.20. The van der Waals surface area contributed by atoms with Crippen LogP contribution in [0.5, 0.6) is 11.5 Å². The van der Waals surface area contributed by atoms with E-state index < -0.39 is 11.9 Å². The van der Waals surface area contributed by atoms with Crippen molar-refractivity contribution in [2.45, 2.75) is 13.0 Å². The molecule has 14 heavy (non-hydrogen) atoms. The molecular weight excluding hydrogens is 255 g/mol. The van der Waals surface area contributed by atoms with Crippen molar-refractivity contribution >= 4 is 15.9 Å². The fraction of sp³-hybridized carbons (Fsp3) is 0.333. The van der Waals surface area contributed by atoms with E-state index in [1.807, 2.05) is 0 Å². The van der Waals surface area contributed by atoms with Gasteiger partial charge >= 0.3 is 0 Å². The summed E-state index contributed by atoms with van der Waals surface area (Å²) in [6.07, 6.45) is -0.890. The second kappa shape index (κ2) is 3.40. The molecule has 1 aromatic carbocycles. The highest BCUT2D eigenvalue weighted by atomic mass is 79.9. The van der Waals surface area contributed by atoms with Crippen LogP contribution in [0, 0.1) is 5.82 Å². The number of hydrogen-bond acceptors (Lipinski definition) is 3.